The van der Waals surface area contributed by atoms with Crippen molar-refractivity contribution in [3.63, 3.8) is 0 Å². The highest BCUT2D eigenvalue weighted by atomic mass is 16.1. The maximum absolute atomic E-state index is 11.9. The van der Waals surface area contributed by atoms with Crippen LogP contribution in [-0.4, -0.2) is 5.78 Å². The van der Waals surface area contributed by atoms with E-state index < -0.39 is 0 Å². The fourth-order valence-corrected chi connectivity index (χ4v) is 2.27. The van der Waals surface area contributed by atoms with Crippen molar-refractivity contribution in [2.45, 2.75) is 45.4 Å². The summed E-state index contributed by atoms with van der Waals surface area (Å²) >= 11 is 0. The lowest BCUT2D eigenvalue weighted by atomic mass is 9.78. The highest BCUT2D eigenvalue weighted by molar-refractivity contribution is 5.81. The van der Waals surface area contributed by atoms with Gasteiger partial charge in [-0.1, -0.05) is 18.1 Å². The normalized spacial score (nSPS) is 25.9. The molecule has 0 aliphatic heterocycles. The fraction of sp³-hybridized carbons (Fsp3) is 0.643. The maximum Gasteiger partial charge on any atom is 0.136 e. The Kier molecular flexibility index (Phi) is 4.80. The van der Waals surface area contributed by atoms with Gasteiger partial charge in [-0.05, 0) is 38.5 Å². The second-order valence-corrected chi connectivity index (χ2v) is 4.78. The van der Waals surface area contributed by atoms with E-state index in [2.05, 4.69) is 13.2 Å². The second-order valence-electron chi connectivity index (χ2n) is 4.78. The second kappa shape index (κ2) is 5.89. The number of allylic oxidation sites excluding steroid dienone is 2. The molecule has 0 amide bonds. The Hall–Kier alpha value is -0.850. The predicted molar refractivity (Wildman–Crippen MR) is 64.7 cm³/mol. The van der Waals surface area contributed by atoms with E-state index >= 15 is 0 Å². The van der Waals surface area contributed by atoms with Crippen molar-refractivity contribution in [1.29, 1.82) is 0 Å². The van der Waals surface area contributed by atoms with Crippen LogP contribution in [0, 0.1) is 11.8 Å². The molecule has 1 rings (SSSR count). The first kappa shape index (κ1) is 12.2. The van der Waals surface area contributed by atoms with Gasteiger partial charge in [-0.3, -0.25) is 4.79 Å². The van der Waals surface area contributed by atoms with Gasteiger partial charge in [-0.15, -0.1) is 13.2 Å². The minimum Gasteiger partial charge on any atom is -0.299 e. The van der Waals surface area contributed by atoms with Crippen LogP contribution in [0.5, 0.6) is 0 Å². The molecule has 1 aliphatic rings. The van der Waals surface area contributed by atoms with Crippen LogP contribution < -0.4 is 0 Å². The average molecular weight is 206 g/mol. The molecule has 0 aromatic heterocycles. The summed E-state index contributed by atoms with van der Waals surface area (Å²) in [4.78, 5) is 11.9. The first-order valence-electron chi connectivity index (χ1n) is 5.93. The minimum absolute atomic E-state index is 0.293. The number of carbonyl (C=O) groups excluding carboxylic acids is 1. The van der Waals surface area contributed by atoms with Crippen molar-refractivity contribution in [1.82, 2.24) is 0 Å². The first-order valence-corrected chi connectivity index (χ1v) is 5.93. The van der Waals surface area contributed by atoms with Gasteiger partial charge in [0, 0.05) is 12.3 Å². The van der Waals surface area contributed by atoms with Gasteiger partial charge in [0.05, 0.1) is 0 Å². The summed E-state index contributed by atoms with van der Waals surface area (Å²) in [5.74, 6) is 1.29. The Balaban J connectivity index is 2.38. The highest BCUT2D eigenvalue weighted by Gasteiger charge is 2.24. The maximum atomic E-state index is 11.9. The third-order valence-electron chi connectivity index (χ3n) is 3.30. The summed E-state index contributed by atoms with van der Waals surface area (Å²) in [5.41, 5.74) is 1.11. The van der Waals surface area contributed by atoms with Gasteiger partial charge in [0.2, 0.25) is 0 Å². The van der Waals surface area contributed by atoms with Crippen LogP contribution in [0.4, 0.5) is 0 Å². The predicted octanol–water partition coefficient (Wildman–Crippen LogP) is 3.90. The van der Waals surface area contributed by atoms with Gasteiger partial charge in [0.1, 0.15) is 5.78 Å². The monoisotopic (exact) mass is 206 g/mol. The summed E-state index contributed by atoms with van der Waals surface area (Å²) in [7, 11) is 0. The summed E-state index contributed by atoms with van der Waals surface area (Å²) in [5, 5.41) is 0. The Morgan fingerprint density at radius 2 is 2.13 bits per heavy atom. The lowest BCUT2D eigenvalue weighted by molar-refractivity contribution is -0.124. The largest absolute Gasteiger partial charge is 0.299 e. The van der Waals surface area contributed by atoms with Crippen molar-refractivity contribution in [3.8, 4) is 0 Å². The third kappa shape index (κ3) is 4.03. The van der Waals surface area contributed by atoms with Crippen LogP contribution in [0.2, 0.25) is 0 Å². The molecule has 1 nitrogen and oxygen atoms in total. The quantitative estimate of drug-likeness (QED) is 0.623. The van der Waals surface area contributed by atoms with Crippen LogP contribution in [0.15, 0.2) is 24.8 Å². The molecule has 0 aromatic rings. The van der Waals surface area contributed by atoms with Crippen LogP contribution in [0.1, 0.15) is 45.4 Å². The van der Waals surface area contributed by atoms with Crippen molar-refractivity contribution in [2.75, 3.05) is 0 Å². The average Bonchev–Trinajstić information content (AvgIpc) is 2.26. The molecular weight excluding hydrogens is 184 g/mol. The Morgan fingerprint density at radius 3 is 2.73 bits per heavy atom. The lowest BCUT2D eigenvalue weighted by Gasteiger charge is -2.26. The molecule has 0 saturated heterocycles. The van der Waals surface area contributed by atoms with Crippen LogP contribution in [0.25, 0.3) is 0 Å². The highest BCUT2D eigenvalue weighted by Crippen LogP contribution is 2.31. The molecule has 84 valence electrons. The number of ketones is 1. The zero-order valence-electron chi connectivity index (χ0n) is 9.80. The van der Waals surface area contributed by atoms with Crippen LogP contribution in [-0.2, 0) is 4.79 Å². The number of Topliss-reactive ketones (excluding diaryl/α,β-unsaturated/α-hetero) is 1. The van der Waals surface area contributed by atoms with E-state index in [0.29, 0.717) is 24.0 Å². The smallest absolute Gasteiger partial charge is 0.136 e. The van der Waals surface area contributed by atoms with Gasteiger partial charge < -0.3 is 0 Å². The number of hydrogen-bond donors (Lipinski definition) is 0. The van der Waals surface area contributed by atoms with E-state index in [0.717, 1.165) is 24.8 Å². The standard InChI is InChI=1S/C14H22O/c1-4-12-6-5-7-13(10-12)14(15)9-8-11(2)3/h4,12-13H,1-2,5-10H2,3H3/t12-,13+/m1/s1. The molecule has 0 unspecified atom stereocenters. The van der Waals surface area contributed by atoms with E-state index in [-0.39, 0.29) is 0 Å². The molecule has 0 bridgehead atoms. The third-order valence-corrected chi connectivity index (χ3v) is 3.30. The topological polar surface area (TPSA) is 17.1 Å². The summed E-state index contributed by atoms with van der Waals surface area (Å²) in [6, 6.07) is 0. The molecular formula is C14H22O. The van der Waals surface area contributed by atoms with Crippen molar-refractivity contribution >= 4 is 5.78 Å². The van der Waals surface area contributed by atoms with Crippen molar-refractivity contribution in [2.24, 2.45) is 11.8 Å². The molecule has 2 atom stereocenters. The first-order chi connectivity index (χ1) is 7.13. The zero-order valence-corrected chi connectivity index (χ0v) is 9.80. The molecule has 1 aliphatic carbocycles. The molecule has 0 spiro atoms. The molecule has 1 heteroatoms. The van der Waals surface area contributed by atoms with Crippen molar-refractivity contribution < 1.29 is 4.79 Å². The molecule has 0 N–H and O–H groups in total. The molecule has 0 radical (unpaired) electrons. The SMILES string of the molecule is C=C[C@@H]1CCC[C@H](C(=O)CCC(=C)C)C1. The molecule has 1 fully saturated rings. The fourth-order valence-electron chi connectivity index (χ4n) is 2.27. The summed E-state index contributed by atoms with van der Waals surface area (Å²) < 4.78 is 0. The Bertz CT molecular complexity index is 252. The lowest BCUT2D eigenvalue weighted by Crippen LogP contribution is -2.22. The van der Waals surface area contributed by atoms with E-state index in [1.165, 1.54) is 12.8 Å². The molecule has 15 heavy (non-hydrogen) atoms. The number of carbonyl (C=O) groups is 1. The van der Waals surface area contributed by atoms with Gasteiger partial charge in [-0.25, -0.2) is 0 Å². The van der Waals surface area contributed by atoms with E-state index in [1.54, 1.807) is 0 Å². The van der Waals surface area contributed by atoms with Gasteiger partial charge in [0.25, 0.3) is 0 Å². The molecule has 1 saturated carbocycles. The molecule has 0 aromatic carbocycles. The van der Waals surface area contributed by atoms with E-state index in [9.17, 15) is 4.79 Å². The Morgan fingerprint density at radius 1 is 1.40 bits per heavy atom. The molecule has 0 heterocycles. The number of rotatable bonds is 5. The van der Waals surface area contributed by atoms with E-state index in [1.807, 2.05) is 13.0 Å². The van der Waals surface area contributed by atoms with Crippen molar-refractivity contribution in [3.05, 3.63) is 24.8 Å². The zero-order chi connectivity index (χ0) is 11.3. The van der Waals surface area contributed by atoms with Crippen LogP contribution >= 0.6 is 0 Å². The van der Waals surface area contributed by atoms with Gasteiger partial charge >= 0.3 is 0 Å². The summed E-state index contributed by atoms with van der Waals surface area (Å²) in [6.45, 7) is 9.65. The minimum atomic E-state index is 0.293. The summed E-state index contributed by atoms with van der Waals surface area (Å²) in [6.07, 6.45) is 8.06. The van der Waals surface area contributed by atoms with Gasteiger partial charge in [0.15, 0.2) is 0 Å². The van der Waals surface area contributed by atoms with E-state index in [4.69, 9.17) is 0 Å². The Labute approximate surface area is 93.3 Å². The number of hydrogen-bond acceptors (Lipinski definition) is 1. The van der Waals surface area contributed by atoms with Crippen LogP contribution in [0.3, 0.4) is 0 Å². The van der Waals surface area contributed by atoms with Gasteiger partial charge in [-0.2, -0.15) is 0 Å².